The van der Waals surface area contributed by atoms with Gasteiger partial charge < -0.3 is 19.8 Å². The monoisotopic (exact) mass is 669 g/mol. The van der Waals surface area contributed by atoms with Crippen LogP contribution in [-0.2, 0) is 14.4 Å². The molecule has 3 aromatic carbocycles. The highest BCUT2D eigenvalue weighted by Gasteiger charge is 2.56. The van der Waals surface area contributed by atoms with Gasteiger partial charge in [-0.3, -0.25) is 19.2 Å². The first-order valence-corrected chi connectivity index (χ1v) is 15.1. The second-order valence-electron chi connectivity index (χ2n) is 9.49. The summed E-state index contributed by atoms with van der Waals surface area (Å²) in [4.78, 5) is 56.7. The van der Waals surface area contributed by atoms with E-state index >= 15 is 0 Å². The number of amides is 3. The summed E-state index contributed by atoms with van der Waals surface area (Å²) in [5, 5.41) is 2.45. The first kappa shape index (κ1) is 28.2. The van der Waals surface area contributed by atoms with Crippen LogP contribution in [0.2, 0.25) is 0 Å². The number of ether oxygens (including phenoxy) is 2. The zero-order chi connectivity index (χ0) is 29.5. The summed E-state index contributed by atoms with van der Waals surface area (Å²) >= 11 is 5.59. The SMILES string of the molecule is COc1cc([C@@H]2c3sc(=O)[nH]c3S[C@H]3C(=O)N(c4ccc(Br)cc4)C(=O)[C@@H]23)ccc1OCC(=O)Nc1ccc(F)cc1. The third-order valence-corrected chi connectivity index (χ3v) is 9.87. The van der Waals surface area contributed by atoms with Gasteiger partial charge in [-0.25, -0.2) is 9.29 Å². The van der Waals surface area contributed by atoms with Gasteiger partial charge in [-0.2, -0.15) is 0 Å². The molecule has 1 saturated heterocycles. The molecule has 0 spiro atoms. The molecular weight excluding hydrogens is 649 g/mol. The summed E-state index contributed by atoms with van der Waals surface area (Å²) in [6.45, 7) is -0.337. The van der Waals surface area contributed by atoms with E-state index in [1.54, 1.807) is 42.5 Å². The number of hydrogen-bond donors (Lipinski definition) is 2. The Labute approximate surface area is 255 Å². The second-order valence-corrected chi connectivity index (χ2v) is 12.6. The van der Waals surface area contributed by atoms with Gasteiger partial charge in [0.2, 0.25) is 11.8 Å². The van der Waals surface area contributed by atoms with Crippen LogP contribution in [0.25, 0.3) is 0 Å². The van der Waals surface area contributed by atoms with Crippen LogP contribution in [0.4, 0.5) is 15.8 Å². The number of carbonyl (C=O) groups is 3. The number of fused-ring (bicyclic) bond motifs is 2. The number of H-pyrrole nitrogens is 1. The van der Waals surface area contributed by atoms with Crippen molar-refractivity contribution in [2.45, 2.75) is 16.2 Å². The summed E-state index contributed by atoms with van der Waals surface area (Å²) < 4.78 is 25.2. The van der Waals surface area contributed by atoms with E-state index in [-0.39, 0.29) is 29.0 Å². The van der Waals surface area contributed by atoms with Crippen LogP contribution < -0.4 is 24.6 Å². The number of imide groups is 1. The highest BCUT2D eigenvalue weighted by molar-refractivity contribution is 9.10. The van der Waals surface area contributed by atoms with Gasteiger partial charge in [0.25, 0.3) is 5.91 Å². The Morgan fingerprint density at radius 1 is 1.02 bits per heavy atom. The number of rotatable bonds is 7. The Bertz CT molecular complexity index is 1760. The van der Waals surface area contributed by atoms with E-state index in [2.05, 4.69) is 26.2 Å². The van der Waals surface area contributed by atoms with E-state index in [4.69, 9.17) is 9.47 Å². The fourth-order valence-electron chi connectivity index (χ4n) is 5.09. The molecule has 42 heavy (non-hydrogen) atoms. The Morgan fingerprint density at radius 2 is 1.76 bits per heavy atom. The number of nitrogens with one attached hydrogen (secondary N) is 2. The molecule has 3 heterocycles. The molecule has 1 fully saturated rings. The second kappa shape index (κ2) is 11.4. The largest absolute Gasteiger partial charge is 0.493 e. The van der Waals surface area contributed by atoms with Gasteiger partial charge in [0.15, 0.2) is 18.1 Å². The number of thioether (sulfide) groups is 1. The zero-order valence-electron chi connectivity index (χ0n) is 21.8. The molecule has 0 bridgehead atoms. The molecule has 9 nitrogen and oxygen atoms in total. The lowest BCUT2D eigenvalue weighted by Gasteiger charge is -2.30. The lowest BCUT2D eigenvalue weighted by atomic mass is 9.83. The summed E-state index contributed by atoms with van der Waals surface area (Å²) in [5.41, 5.74) is 1.55. The third kappa shape index (κ3) is 5.23. The Kier molecular flexibility index (Phi) is 7.64. The quantitative estimate of drug-likeness (QED) is 0.261. The van der Waals surface area contributed by atoms with Crippen molar-refractivity contribution in [3.05, 3.63) is 97.1 Å². The van der Waals surface area contributed by atoms with Gasteiger partial charge >= 0.3 is 4.87 Å². The Hall–Kier alpha value is -3.94. The number of aromatic amines is 1. The predicted octanol–water partition coefficient (Wildman–Crippen LogP) is 5.16. The first-order valence-electron chi connectivity index (χ1n) is 12.6. The minimum atomic E-state index is -0.761. The summed E-state index contributed by atoms with van der Waals surface area (Å²) in [5.74, 6) is -2.34. The van der Waals surface area contributed by atoms with Crippen molar-refractivity contribution in [2.75, 3.05) is 23.9 Å². The molecule has 3 amide bonds. The number of aromatic nitrogens is 1. The number of hydrogen-bond acceptors (Lipinski definition) is 8. The van der Waals surface area contributed by atoms with Crippen molar-refractivity contribution in [2.24, 2.45) is 5.92 Å². The molecule has 2 aliphatic rings. The van der Waals surface area contributed by atoms with E-state index in [0.29, 0.717) is 32.6 Å². The van der Waals surface area contributed by atoms with Gasteiger partial charge in [0.05, 0.1) is 23.7 Å². The van der Waals surface area contributed by atoms with Crippen LogP contribution in [0.15, 0.2) is 81.0 Å². The molecule has 0 aliphatic carbocycles. The van der Waals surface area contributed by atoms with Gasteiger partial charge in [0, 0.05) is 21.0 Å². The molecule has 2 aliphatic heterocycles. The fourth-order valence-corrected chi connectivity index (χ4v) is 7.87. The standard InChI is InChI=1S/C29H21BrFN3O6S2/c1-39-20-12-14(2-11-19(20)40-13-21(35)32-17-7-5-16(31)6-8-17)22-23-25(41-26-24(22)42-29(38)33-26)28(37)34(27(23)36)18-9-3-15(30)4-10-18/h2-12,22-23,25H,13H2,1H3,(H,32,35)(H,33,38)/t22-,23-,25+/m0/s1. The van der Waals surface area contributed by atoms with Crippen LogP contribution in [0.1, 0.15) is 16.4 Å². The molecular formula is C29H21BrFN3O6S2. The summed E-state index contributed by atoms with van der Waals surface area (Å²) in [7, 11) is 1.45. The van der Waals surface area contributed by atoms with Crippen LogP contribution in [0, 0.1) is 11.7 Å². The summed E-state index contributed by atoms with van der Waals surface area (Å²) in [6.07, 6.45) is 0. The minimum absolute atomic E-state index is 0.277. The number of halogens is 2. The van der Waals surface area contributed by atoms with Gasteiger partial charge in [-0.05, 0) is 66.2 Å². The van der Waals surface area contributed by atoms with Crippen molar-refractivity contribution in [1.82, 2.24) is 4.98 Å². The molecule has 4 aromatic rings. The number of methoxy groups -OCH3 is 1. The molecule has 214 valence electrons. The van der Waals surface area contributed by atoms with Crippen LogP contribution in [0.3, 0.4) is 0 Å². The van der Waals surface area contributed by atoms with Crippen molar-refractivity contribution in [1.29, 1.82) is 0 Å². The van der Waals surface area contributed by atoms with Crippen molar-refractivity contribution in [3.63, 3.8) is 0 Å². The average Bonchev–Trinajstić information content (AvgIpc) is 3.47. The number of nitrogens with zero attached hydrogens (tertiary/aromatic N) is 1. The molecule has 13 heteroatoms. The Morgan fingerprint density at radius 3 is 2.48 bits per heavy atom. The topological polar surface area (TPSA) is 118 Å². The molecule has 1 aromatic heterocycles. The van der Waals surface area contributed by atoms with Crippen molar-refractivity contribution < 1.29 is 28.2 Å². The summed E-state index contributed by atoms with van der Waals surface area (Å²) in [6, 6.07) is 17.3. The highest BCUT2D eigenvalue weighted by Crippen LogP contribution is 2.53. The van der Waals surface area contributed by atoms with Crippen molar-refractivity contribution >= 4 is 68.1 Å². The molecule has 0 unspecified atom stereocenters. The highest BCUT2D eigenvalue weighted by atomic mass is 79.9. The number of thiazole rings is 1. The Balaban J connectivity index is 1.29. The normalized spacial score (nSPS) is 19.3. The van der Waals surface area contributed by atoms with Crippen LogP contribution >= 0.6 is 39.0 Å². The average molecular weight is 671 g/mol. The van der Waals surface area contributed by atoms with E-state index in [0.717, 1.165) is 15.8 Å². The minimum Gasteiger partial charge on any atom is -0.493 e. The van der Waals surface area contributed by atoms with Gasteiger partial charge in [-0.1, -0.05) is 45.1 Å². The van der Waals surface area contributed by atoms with E-state index in [1.165, 1.54) is 48.0 Å². The molecule has 3 atom stereocenters. The molecule has 0 saturated carbocycles. The first-order chi connectivity index (χ1) is 20.2. The lowest BCUT2D eigenvalue weighted by molar-refractivity contribution is -0.122. The smallest absolute Gasteiger partial charge is 0.305 e. The third-order valence-electron chi connectivity index (χ3n) is 6.94. The zero-order valence-corrected chi connectivity index (χ0v) is 25.0. The number of anilines is 2. The van der Waals surface area contributed by atoms with Crippen LogP contribution in [-0.4, -0.2) is 41.7 Å². The number of benzene rings is 3. The maximum Gasteiger partial charge on any atom is 0.305 e. The maximum atomic E-state index is 13.9. The van der Waals surface area contributed by atoms with Gasteiger partial charge in [-0.15, -0.1) is 0 Å². The van der Waals surface area contributed by atoms with E-state index in [1.807, 2.05) is 0 Å². The molecule has 2 N–H and O–H groups in total. The fraction of sp³-hybridized carbons (Fsp3) is 0.172. The maximum absolute atomic E-state index is 13.9. The van der Waals surface area contributed by atoms with Crippen molar-refractivity contribution in [3.8, 4) is 11.5 Å². The lowest BCUT2D eigenvalue weighted by Crippen LogP contribution is -2.32. The van der Waals surface area contributed by atoms with E-state index in [9.17, 15) is 23.6 Å². The molecule has 0 radical (unpaired) electrons. The van der Waals surface area contributed by atoms with E-state index < -0.39 is 28.8 Å². The predicted molar refractivity (Wildman–Crippen MR) is 160 cm³/mol. The van der Waals surface area contributed by atoms with Crippen LogP contribution in [0.5, 0.6) is 11.5 Å². The number of carbonyl (C=O) groups excluding carboxylic acids is 3. The molecule has 6 rings (SSSR count). The van der Waals surface area contributed by atoms with Gasteiger partial charge in [0.1, 0.15) is 11.1 Å².